The van der Waals surface area contributed by atoms with Gasteiger partial charge in [0, 0.05) is 30.4 Å². The van der Waals surface area contributed by atoms with Crippen molar-refractivity contribution in [3.8, 4) is 0 Å². The molecule has 0 bridgehead atoms. The van der Waals surface area contributed by atoms with E-state index in [1.54, 1.807) is 12.4 Å². The molecule has 0 spiro atoms. The number of aliphatic hydroxyl groups excluding tert-OH is 1. The van der Waals surface area contributed by atoms with Crippen molar-refractivity contribution >= 4 is 17.6 Å². The van der Waals surface area contributed by atoms with Crippen molar-refractivity contribution in [2.24, 2.45) is 0 Å². The third-order valence-electron chi connectivity index (χ3n) is 5.38. The van der Waals surface area contributed by atoms with Crippen LogP contribution in [0.2, 0.25) is 5.02 Å². The minimum Gasteiger partial charge on any atom is -0.512 e. The van der Waals surface area contributed by atoms with Gasteiger partial charge >= 0.3 is 5.97 Å². The number of carbonyl (C=O) groups excluding carboxylic acids is 1. The van der Waals surface area contributed by atoms with Gasteiger partial charge in [-0.15, -0.1) is 0 Å². The van der Waals surface area contributed by atoms with Gasteiger partial charge in [0.25, 0.3) is 0 Å². The molecule has 158 valence electrons. The van der Waals surface area contributed by atoms with Crippen LogP contribution >= 0.6 is 11.6 Å². The van der Waals surface area contributed by atoms with Crippen molar-refractivity contribution in [3.05, 3.63) is 106 Å². The molecular formula is C24H22ClN3O3. The number of benzene rings is 1. The number of nitrogens with zero attached hydrogens (tertiary/aromatic N) is 3. The Morgan fingerprint density at radius 1 is 1.06 bits per heavy atom. The zero-order valence-electron chi connectivity index (χ0n) is 17.0. The molecule has 2 atom stereocenters. The highest BCUT2D eigenvalue weighted by atomic mass is 35.5. The van der Waals surface area contributed by atoms with Crippen LogP contribution < -0.4 is 0 Å². The maximum atomic E-state index is 12.7. The van der Waals surface area contributed by atoms with Crippen LogP contribution in [0.15, 0.2) is 84.4 Å². The average Bonchev–Trinajstić information content (AvgIpc) is 2.81. The Bertz CT molecular complexity index is 1070. The topological polar surface area (TPSA) is 75.6 Å². The summed E-state index contributed by atoms with van der Waals surface area (Å²) in [6, 6.07) is 17.9. The number of pyridine rings is 2. The Balaban J connectivity index is 1.87. The molecule has 0 aliphatic carbocycles. The van der Waals surface area contributed by atoms with E-state index in [1.807, 2.05) is 60.7 Å². The van der Waals surface area contributed by atoms with E-state index in [9.17, 15) is 9.90 Å². The van der Waals surface area contributed by atoms with Crippen LogP contribution in [0, 0.1) is 0 Å². The Morgan fingerprint density at radius 2 is 1.71 bits per heavy atom. The van der Waals surface area contributed by atoms with Gasteiger partial charge in [-0.25, -0.2) is 4.79 Å². The summed E-state index contributed by atoms with van der Waals surface area (Å²) in [6.07, 6.45) is 3.63. The molecule has 4 rings (SSSR count). The zero-order valence-corrected chi connectivity index (χ0v) is 17.7. The van der Waals surface area contributed by atoms with Gasteiger partial charge in [-0.2, -0.15) is 0 Å². The van der Waals surface area contributed by atoms with Crippen LogP contribution in [0.4, 0.5) is 0 Å². The molecule has 0 saturated heterocycles. The number of carbonyl (C=O) groups is 1. The fourth-order valence-corrected chi connectivity index (χ4v) is 4.08. The molecule has 1 N–H and O–H groups in total. The van der Waals surface area contributed by atoms with Gasteiger partial charge in [0.05, 0.1) is 36.2 Å². The first-order chi connectivity index (χ1) is 15.1. The number of hydrogen-bond acceptors (Lipinski definition) is 6. The summed E-state index contributed by atoms with van der Waals surface area (Å²) < 4.78 is 5.02. The van der Waals surface area contributed by atoms with Crippen LogP contribution in [0.5, 0.6) is 0 Å². The highest BCUT2D eigenvalue weighted by molar-refractivity contribution is 6.30. The van der Waals surface area contributed by atoms with Gasteiger partial charge in [-0.1, -0.05) is 35.9 Å². The summed E-state index contributed by atoms with van der Waals surface area (Å²) >= 11 is 6.07. The maximum absolute atomic E-state index is 12.7. The van der Waals surface area contributed by atoms with Crippen LogP contribution in [0.1, 0.15) is 35.5 Å². The standard InChI is InChI=1S/C24H22ClN3O3/c1-31-24(30)22-21(29)14-20(18-6-2-4-12-26-18)28(15-16-8-10-17(25)11-9-16)23(22)19-7-3-5-13-27-19/h2-13,20,23,29H,14-15H2,1H3/t20-,23-/m0/s1. The van der Waals surface area contributed by atoms with E-state index in [0.29, 0.717) is 17.3 Å². The average molecular weight is 436 g/mol. The normalized spacial score (nSPS) is 19.3. The largest absolute Gasteiger partial charge is 0.512 e. The van der Waals surface area contributed by atoms with E-state index in [1.165, 1.54) is 7.11 Å². The van der Waals surface area contributed by atoms with Crippen molar-refractivity contribution < 1.29 is 14.6 Å². The number of esters is 1. The van der Waals surface area contributed by atoms with Crippen LogP contribution in [-0.2, 0) is 16.1 Å². The first kappa shape index (κ1) is 21.0. The first-order valence-corrected chi connectivity index (χ1v) is 10.3. The number of ether oxygens (including phenoxy) is 1. The molecule has 0 amide bonds. The third-order valence-corrected chi connectivity index (χ3v) is 5.64. The quantitative estimate of drug-likeness (QED) is 0.580. The first-order valence-electron chi connectivity index (χ1n) is 9.91. The molecule has 0 radical (unpaired) electrons. The molecule has 7 heteroatoms. The molecule has 2 aromatic heterocycles. The fourth-order valence-electron chi connectivity index (χ4n) is 3.96. The maximum Gasteiger partial charge on any atom is 0.339 e. The second kappa shape index (κ2) is 9.29. The number of halogens is 1. The van der Waals surface area contributed by atoms with Gasteiger partial charge in [0.1, 0.15) is 5.76 Å². The van der Waals surface area contributed by atoms with E-state index in [0.717, 1.165) is 11.3 Å². The van der Waals surface area contributed by atoms with E-state index >= 15 is 0 Å². The second-order valence-electron chi connectivity index (χ2n) is 7.28. The van der Waals surface area contributed by atoms with Crippen molar-refractivity contribution in [1.29, 1.82) is 0 Å². The van der Waals surface area contributed by atoms with E-state index in [4.69, 9.17) is 16.3 Å². The minimum absolute atomic E-state index is 0.00878. The second-order valence-corrected chi connectivity index (χ2v) is 7.72. The Morgan fingerprint density at radius 3 is 2.29 bits per heavy atom. The fraction of sp³-hybridized carbons (Fsp3) is 0.208. The van der Waals surface area contributed by atoms with Crippen molar-refractivity contribution in [2.45, 2.75) is 25.0 Å². The summed E-state index contributed by atoms with van der Waals surface area (Å²) in [5, 5.41) is 11.6. The van der Waals surface area contributed by atoms with E-state index < -0.39 is 12.0 Å². The Hall–Kier alpha value is -3.22. The summed E-state index contributed by atoms with van der Waals surface area (Å²) in [4.78, 5) is 23.9. The summed E-state index contributed by atoms with van der Waals surface area (Å²) in [5.74, 6) is -0.584. The summed E-state index contributed by atoms with van der Waals surface area (Å²) in [6.45, 7) is 0.493. The smallest absolute Gasteiger partial charge is 0.339 e. The molecule has 0 saturated carbocycles. The minimum atomic E-state index is -0.606. The van der Waals surface area contributed by atoms with Gasteiger partial charge in [-0.3, -0.25) is 14.9 Å². The van der Waals surface area contributed by atoms with Crippen molar-refractivity contribution in [1.82, 2.24) is 14.9 Å². The van der Waals surface area contributed by atoms with Gasteiger partial charge in [0.2, 0.25) is 0 Å². The zero-order chi connectivity index (χ0) is 21.8. The molecule has 1 aliphatic heterocycles. The highest BCUT2D eigenvalue weighted by Gasteiger charge is 2.42. The number of hydrogen-bond donors (Lipinski definition) is 1. The Kier molecular flexibility index (Phi) is 6.30. The van der Waals surface area contributed by atoms with Crippen LogP contribution in [0.25, 0.3) is 0 Å². The van der Waals surface area contributed by atoms with Crippen LogP contribution in [-0.4, -0.2) is 33.1 Å². The molecule has 1 aromatic carbocycles. The highest BCUT2D eigenvalue weighted by Crippen LogP contribution is 2.44. The number of aliphatic hydroxyl groups is 1. The molecule has 0 fully saturated rings. The predicted octanol–water partition coefficient (Wildman–Crippen LogP) is 4.80. The number of aromatic nitrogens is 2. The lowest BCUT2D eigenvalue weighted by Crippen LogP contribution is -2.40. The van der Waals surface area contributed by atoms with E-state index in [2.05, 4.69) is 14.9 Å². The molecule has 0 unspecified atom stereocenters. The van der Waals surface area contributed by atoms with Gasteiger partial charge < -0.3 is 9.84 Å². The Labute approximate surface area is 185 Å². The molecule has 6 nitrogen and oxygen atoms in total. The molecule has 1 aliphatic rings. The van der Waals surface area contributed by atoms with Crippen LogP contribution in [0.3, 0.4) is 0 Å². The molecule has 3 aromatic rings. The van der Waals surface area contributed by atoms with Crippen molar-refractivity contribution in [3.63, 3.8) is 0 Å². The van der Waals surface area contributed by atoms with Crippen molar-refractivity contribution in [2.75, 3.05) is 7.11 Å². The lowest BCUT2D eigenvalue weighted by atomic mass is 9.88. The van der Waals surface area contributed by atoms with E-state index in [-0.39, 0.29) is 23.8 Å². The lowest BCUT2D eigenvalue weighted by Gasteiger charge is -2.41. The SMILES string of the molecule is COC(=O)C1=C(O)C[C@@H](c2ccccn2)N(Cc2ccc(Cl)cc2)[C@H]1c1ccccn1. The number of rotatable bonds is 5. The monoisotopic (exact) mass is 435 g/mol. The summed E-state index contributed by atoms with van der Waals surface area (Å²) in [5.41, 5.74) is 2.65. The predicted molar refractivity (Wildman–Crippen MR) is 117 cm³/mol. The van der Waals surface area contributed by atoms with Gasteiger partial charge in [0.15, 0.2) is 0 Å². The lowest BCUT2D eigenvalue weighted by molar-refractivity contribution is -0.137. The molecule has 3 heterocycles. The number of methoxy groups -OCH3 is 1. The third kappa shape index (κ3) is 4.45. The molecule has 31 heavy (non-hydrogen) atoms. The van der Waals surface area contributed by atoms with Gasteiger partial charge in [-0.05, 0) is 42.0 Å². The molecular weight excluding hydrogens is 414 g/mol. The summed E-state index contributed by atoms with van der Waals surface area (Å²) in [7, 11) is 1.31.